The van der Waals surface area contributed by atoms with Gasteiger partial charge < -0.3 is 4.90 Å². The van der Waals surface area contributed by atoms with E-state index >= 15 is 0 Å². The summed E-state index contributed by atoms with van der Waals surface area (Å²) in [6, 6.07) is 6.73. The maximum atomic E-state index is 14.0. The fraction of sp³-hybridized carbons (Fsp3) is 0.188. The van der Waals surface area contributed by atoms with Crippen LogP contribution in [0.5, 0.6) is 0 Å². The predicted octanol–water partition coefficient (Wildman–Crippen LogP) is 2.67. The second kappa shape index (κ2) is 7.25. The molecule has 24 heavy (non-hydrogen) atoms. The third-order valence-electron chi connectivity index (χ3n) is 3.28. The lowest BCUT2D eigenvalue weighted by atomic mass is 10.1. The van der Waals surface area contributed by atoms with Crippen LogP contribution in [0, 0.1) is 12.7 Å². The van der Waals surface area contributed by atoms with Crippen LogP contribution in [0.2, 0.25) is 0 Å². The highest BCUT2D eigenvalue weighted by molar-refractivity contribution is 7.89. The van der Waals surface area contributed by atoms with Gasteiger partial charge in [0, 0.05) is 16.3 Å². The summed E-state index contributed by atoms with van der Waals surface area (Å²) in [6.45, 7) is 6.03. The minimum atomic E-state index is -4.02. The minimum absolute atomic E-state index is 0.203. The summed E-state index contributed by atoms with van der Waals surface area (Å²) >= 11 is 1.53. The number of rotatable bonds is 6. The highest BCUT2D eigenvalue weighted by Crippen LogP contribution is 2.20. The number of amides is 1. The Morgan fingerprint density at radius 1 is 1.38 bits per heavy atom. The van der Waals surface area contributed by atoms with Gasteiger partial charge in [-0.3, -0.25) is 4.79 Å². The molecule has 5 nitrogen and oxygen atoms in total. The summed E-state index contributed by atoms with van der Waals surface area (Å²) in [7, 11) is -4.02. The van der Waals surface area contributed by atoms with Crippen LogP contribution < -0.4 is 5.14 Å². The van der Waals surface area contributed by atoms with Crippen molar-refractivity contribution in [3.63, 3.8) is 0 Å². The number of carbonyl (C=O) groups is 1. The molecule has 0 spiro atoms. The van der Waals surface area contributed by atoms with Crippen molar-refractivity contribution in [2.75, 3.05) is 6.54 Å². The molecule has 1 amide bonds. The maximum absolute atomic E-state index is 14.0. The van der Waals surface area contributed by atoms with Crippen LogP contribution in [0.3, 0.4) is 0 Å². The van der Waals surface area contributed by atoms with E-state index in [1.807, 2.05) is 19.1 Å². The van der Waals surface area contributed by atoms with Gasteiger partial charge in [-0.1, -0.05) is 6.08 Å². The molecule has 0 aliphatic carbocycles. The smallest absolute Gasteiger partial charge is 0.257 e. The van der Waals surface area contributed by atoms with Gasteiger partial charge >= 0.3 is 0 Å². The molecule has 2 aromatic rings. The molecule has 0 aliphatic heterocycles. The Bertz CT molecular complexity index is 875. The van der Waals surface area contributed by atoms with Gasteiger partial charge in [-0.2, -0.15) is 0 Å². The van der Waals surface area contributed by atoms with Gasteiger partial charge in [-0.05, 0) is 37.3 Å². The fourth-order valence-electron chi connectivity index (χ4n) is 2.15. The lowest BCUT2D eigenvalue weighted by molar-refractivity contribution is 0.0759. The number of nitrogens with zero attached hydrogens (tertiary/aromatic N) is 1. The molecule has 0 radical (unpaired) electrons. The molecule has 0 saturated heterocycles. The molecular formula is C16H17FN2O3S2. The van der Waals surface area contributed by atoms with Crippen molar-refractivity contribution < 1.29 is 17.6 Å². The van der Waals surface area contributed by atoms with Gasteiger partial charge in [0.1, 0.15) is 5.82 Å². The molecule has 0 bridgehead atoms. The van der Waals surface area contributed by atoms with Crippen LogP contribution >= 0.6 is 11.3 Å². The molecule has 1 aromatic heterocycles. The molecule has 2 N–H and O–H groups in total. The van der Waals surface area contributed by atoms with Gasteiger partial charge in [-0.25, -0.2) is 17.9 Å². The van der Waals surface area contributed by atoms with E-state index < -0.39 is 21.7 Å². The number of halogens is 1. The first-order valence-electron chi connectivity index (χ1n) is 7.00. The van der Waals surface area contributed by atoms with Crippen LogP contribution in [0.25, 0.3) is 0 Å². The maximum Gasteiger partial charge on any atom is 0.257 e. The Kier molecular flexibility index (Phi) is 5.53. The topological polar surface area (TPSA) is 80.5 Å². The number of nitrogens with two attached hydrogens (primary N) is 1. The first-order valence-corrected chi connectivity index (χ1v) is 9.36. The zero-order chi connectivity index (χ0) is 17.9. The van der Waals surface area contributed by atoms with Gasteiger partial charge in [0.25, 0.3) is 5.91 Å². The monoisotopic (exact) mass is 368 g/mol. The van der Waals surface area contributed by atoms with Crippen molar-refractivity contribution >= 4 is 27.3 Å². The number of benzene rings is 1. The van der Waals surface area contributed by atoms with Crippen molar-refractivity contribution in [3.05, 3.63) is 64.1 Å². The normalized spacial score (nSPS) is 11.3. The summed E-state index contributed by atoms with van der Waals surface area (Å²) in [5, 5.41) is 5.05. The van der Waals surface area contributed by atoms with Crippen LogP contribution in [-0.4, -0.2) is 25.8 Å². The zero-order valence-electron chi connectivity index (χ0n) is 13.0. The minimum Gasteiger partial charge on any atom is -0.330 e. The molecule has 0 unspecified atom stereocenters. The summed E-state index contributed by atoms with van der Waals surface area (Å²) in [5.41, 5.74) is -0.336. The number of carbonyl (C=O) groups excluding carboxylic acids is 1. The molecule has 1 heterocycles. The first kappa shape index (κ1) is 18.3. The van der Waals surface area contributed by atoms with Gasteiger partial charge in [0.15, 0.2) is 0 Å². The summed E-state index contributed by atoms with van der Waals surface area (Å²) in [4.78, 5) is 15.8. The highest BCUT2D eigenvalue weighted by atomic mass is 32.2. The Morgan fingerprint density at radius 3 is 2.62 bits per heavy atom. The Balaban J connectivity index is 2.37. The summed E-state index contributed by atoms with van der Waals surface area (Å²) in [6.07, 6.45) is 1.53. The molecule has 0 saturated carbocycles. The highest BCUT2D eigenvalue weighted by Gasteiger charge is 2.21. The average Bonchev–Trinajstić information content (AvgIpc) is 2.90. The molecule has 1 aromatic carbocycles. The van der Waals surface area contributed by atoms with E-state index in [0.29, 0.717) is 0 Å². The van der Waals surface area contributed by atoms with E-state index in [-0.39, 0.29) is 23.5 Å². The molecule has 128 valence electrons. The van der Waals surface area contributed by atoms with E-state index in [4.69, 9.17) is 5.14 Å². The summed E-state index contributed by atoms with van der Waals surface area (Å²) < 4.78 is 36.9. The molecule has 0 fully saturated rings. The number of hydrogen-bond donors (Lipinski definition) is 1. The number of hydrogen-bond acceptors (Lipinski definition) is 4. The number of primary sulfonamides is 1. The largest absolute Gasteiger partial charge is 0.330 e. The summed E-state index contributed by atoms with van der Waals surface area (Å²) in [5.74, 6) is -1.42. The van der Waals surface area contributed by atoms with Crippen molar-refractivity contribution in [1.82, 2.24) is 4.90 Å². The van der Waals surface area contributed by atoms with E-state index in [1.165, 1.54) is 22.3 Å². The van der Waals surface area contributed by atoms with Gasteiger partial charge in [0.2, 0.25) is 10.0 Å². The fourth-order valence-corrected chi connectivity index (χ4v) is 3.59. The standard InChI is InChI=1S/C16H17FN2O3S2/c1-3-8-19(10-12-5-4-11(2)23-12)16(20)14-9-13(24(18,21)22)6-7-15(14)17/h3-7,9H,1,8,10H2,2H3,(H2,18,21,22). The first-order chi connectivity index (χ1) is 11.2. The zero-order valence-corrected chi connectivity index (χ0v) is 14.7. The van der Waals surface area contributed by atoms with E-state index in [0.717, 1.165) is 28.0 Å². The average molecular weight is 368 g/mol. The van der Waals surface area contributed by atoms with Crippen LogP contribution in [-0.2, 0) is 16.6 Å². The molecule has 0 atom stereocenters. The van der Waals surface area contributed by atoms with Crippen molar-refractivity contribution in [2.24, 2.45) is 5.14 Å². The third kappa shape index (κ3) is 4.28. The molecular weight excluding hydrogens is 351 g/mol. The van der Waals surface area contributed by atoms with Gasteiger partial charge in [-0.15, -0.1) is 17.9 Å². The lowest BCUT2D eigenvalue weighted by Crippen LogP contribution is -2.31. The van der Waals surface area contributed by atoms with E-state index in [2.05, 4.69) is 6.58 Å². The Labute approximate surface area is 144 Å². The Hall–Kier alpha value is -2.03. The molecule has 2 rings (SSSR count). The predicted molar refractivity (Wildman–Crippen MR) is 91.8 cm³/mol. The number of thiophene rings is 1. The second-order valence-corrected chi connectivity index (χ2v) is 8.11. The van der Waals surface area contributed by atoms with Crippen molar-refractivity contribution in [2.45, 2.75) is 18.4 Å². The lowest BCUT2D eigenvalue weighted by Gasteiger charge is -2.21. The van der Waals surface area contributed by atoms with Crippen LogP contribution in [0.4, 0.5) is 4.39 Å². The number of aryl methyl sites for hydroxylation is 1. The van der Waals surface area contributed by atoms with Crippen LogP contribution in [0.15, 0.2) is 47.9 Å². The van der Waals surface area contributed by atoms with E-state index in [1.54, 1.807) is 0 Å². The third-order valence-corrected chi connectivity index (χ3v) is 5.17. The van der Waals surface area contributed by atoms with Gasteiger partial charge in [0.05, 0.1) is 17.0 Å². The SMILES string of the molecule is C=CCN(Cc1ccc(C)s1)C(=O)c1cc(S(N)(=O)=O)ccc1F. The van der Waals surface area contributed by atoms with Crippen molar-refractivity contribution in [3.8, 4) is 0 Å². The molecule has 0 aliphatic rings. The Morgan fingerprint density at radius 2 is 2.08 bits per heavy atom. The molecule has 8 heteroatoms. The van der Waals surface area contributed by atoms with E-state index in [9.17, 15) is 17.6 Å². The quantitative estimate of drug-likeness (QED) is 0.796. The second-order valence-electron chi connectivity index (χ2n) is 5.17. The van der Waals surface area contributed by atoms with Crippen LogP contribution in [0.1, 0.15) is 20.1 Å². The number of sulfonamides is 1. The van der Waals surface area contributed by atoms with Crippen molar-refractivity contribution in [1.29, 1.82) is 0 Å².